The third-order valence-corrected chi connectivity index (χ3v) is 3.36. The molecule has 0 saturated heterocycles. The van der Waals surface area contributed by atoms with E-state index in [0.29, 0.717) is 12.2 Å². The highest BCUT2D eigenvalue weighted by molar-refractivity contribution is 6.17. The Kier molecular flexibility index (Phi) is 5.98. The first kappa shape index (κ1) is 16.2. The average Bonchev–Trinajstić information content (AvgIpc) is 2.38. The Labute approximate surface area is 117 Å². The van der Waals surface area contributed by atoms with Crippen molar-refractivity contribution in [2.45, 2.75) is 38.7 Å². The number of unbranched alkanes of at least 4 members (excludes halogenated alkanes) is 1. The maximum Gasteiger partial charge on any atom is 0.416 e. The molecule has 108 valence electrons. The molecule has 1 aromatic carbocycles. The molecule has 0 radical (unpaired) electrons. The number of hydrogen-bond acceptors (Lipinski definition) is 1. The molecule has 0 saturated carbocycles. The van der Waals surface area contributed by atoms with Gasteiger partial charge < -0.3 is 4.90 Å². The maximum absolute atomic E-state index is 13.0. The van der Waals surface area contributed by atoms with E-state index in [1.165, 1.54) is 12.1 Å². The number of alkyl halides is 4. The molecule has 1 nitrogen and oxygen atoms in total. The second-order valence-electron chi connectivity index (χ2n) is 4.41. The predicted octanol–water partition coefficient (Wildman–Crippen LogP) is 5.07. The highest BCUT2D eigenvalue weighted by atomic mass is 35.5. The summed E-state index contributed by atoms with van der Waals surface area (Å²) >= 11 is 5.57. The van der Waals surface area contributed by atoms with E-state index in [1.807, 2.05) is 11.8 Å². The summed E-state index contributed by atoms with van der Waals surface area (Å²) in [5.74, 6) is -0.129. The van der Waals surface area contributed by atoms with Crippen molar-refractivity contribution in [2.75, 3.05) is 18.0 Å². The number of benzene rings is 1. The largest absolute Gasteiger partial charge is 0.416 e. The first-order chi connectivity index (χ1) is 8.93. The van der Waals surface area contributed by atoms with E-state index in [4.69, 9.17) is 11.6 Å². The molecule has 0 amide bonds. The molecule has 0 heterocycles. The molecular formula is C14H19ClF3N. The number of rotatable bonds is 6. The van der Waals surface area contributed by atoms with Crippen LogP contribution in [0.3, 0.4) is 0 Å². The van der Waals surface area contributed by atoms with Crippen molar-refractivity contribution in [1.29, 1.82) is 0 Å². The summed E-state index contributed by atoms with van der Waals surface area (Å²) in [6.45, 7) is 5.46. The van der Waals surface area contributed by atoms with Gasteiger partial charge in [-0.05, 0) is 31.0 Å². The lowest BCUT2D eigenvalue weighted by Gasteiger charge is -2.24. The minimum absolute atomic E-state index is 0.129. The van der Waals surface area contributed by atoms with Crippen molar-refractivity contribution in [2.24, 2.45) is 0 Å². The van der Waals surface area contributed by atoms with Gasteiger partial charge in [0.25, 0.3) is 0 Å². The smallest absolute Gasteiger partial charge is 0.372 e. The molecule has 0 spiro atoms. The summed E-state index contributed by atoms with van der Waals surface area (Å²) in [7, 11) is 0. The van der Waals surface area contributed by atoms with Gasteiger partial charge in [-0.15, -0.1) is 11.6 Å². The summed E-state index contributed by atoms with van der Waals surface area (Å²) in [6, 6.07) is 4.39. The Morgan fingerprint density at radius 1 is 1.21 bits per heavy atom. The first-order valence-electron chi connectivity index (χ1n) is 6.45. The summed E-state index contributed by atoms with van der Waals surface area (Å²) in [6.07, 6.45) is -2.38. The Morgan fingerprint density at radius 2 is 1.89 bits per heavy atom. The Morgan fingerprint density at radius 3 is 2.37 bits per heavy atom. The van der Waals surface area contributed by atoms with Gasteiger partial charge in [0.05, 0.1) is 5.56 Å². The van der Waals surface area contributed by atoms with Crippen LogP contribution >= 0.6 is 11.6 Å². The van der Waals surface area contributed by atoms with Crippen LogP contribution in [0.5, 0.6) is 0 Å². The summed E-state index contributed by atoms with van der Waals surface area (Å²) in [5, 5.41) is 0. The van der Waals surface area contributed by atoms with E-state index >= 15 is 0 Å². The SMILES string of the molecule is CCCCN(CC)c1ccc(CCl)c(C(F)(F)F)c1. The normalized spacial score (nSPS) is 11.7. The number of anilines is 1. The standard InChI is InChI=1S/C14H19ClF3N/c1-3-5-8-19(4-2)12-7-6-11(10-15)13(9-12)14(16,17)18/h6-7,9H,3-5,8,10H2,1-2H3. The number of hydrogen-bond donors (Lipinski definition) is 0. The lowest BCUT2D eigenvalue weighted by molar-refractivity contribution is -0.138. The van der Waals surface area contributed by atoms with Crippen molar-refractivity contribution in [3.8, 4) is 0 Å². The van der Waals surface area contributed by atoms with Crippen molar-refractivity contribution < 1.29 is 13.2 Å². The van der Waals surface area contributed by atoms with Gasteiger partial charge in [0.1, 0.15) is 0 Å². The van der Waals surface area contributed by atoms with Crippen LogP contribution in [-0.2, 0) is 12.1 Å². The van der Waals surface area contributed by atoms with Crippen molar-refractivity contribution in [3.05, 3.63) is 29.3 Å². The van der Waals surface area contributed by atoms with E-state index in [2.05, 4.69) is 6.92 Å². The molecule has 0 N–H and O–H groups in total. The minimum Gasteiger partial charge on any atom is -0.372 e. The van der Waals surface area contributed by atoms with Crippen LogP contribution in [0, 0.1) is 0 Å². The van der Waals surface area contributed by atoms with E-state index in [9.17, 15) is 13.2 Å². The summed E-state index contributed by atoms with van der Waals surface area (Å²) in [4.78, 5) is 1.96. The zero-order valence-corrected chi connectivity index (χ0v) is 12.0. The van der Waals surface area contributed by atoms with Gasteiger partial charge in [-0.25, -0.2) is 0 Å². The van der Waals surface area contributed by atoms with Crippen molar-refractivity contribution >= 4 is 17.3 Å². The van der Waals surface area contributed by atoms with Crippen LogP contribution in [0.2, 0.25) is 0 Å². The zero-order chi connectivity index (χ0) is 14.5. The molecule has 0 fully saturated rings. The lowest BCUT2D eigenvalue weighted by Crippen LogP contribution is -2.24. The predicted molar refractivity (Wildman–Crippen MR) is 73.8 cm³/mol. The Bertz CT molecular complexity index is 404. The fourth-order valence-electron chi connectivity index (χ4n) is 1.96. The monoisotopic (exact) mass is 293 g/mol. The summed E-state index contributed by atoms with van der Waals surface area (Å²) in [5.41, 5.74) is 0.108. The molecule has 0 aromatic heterocycles. The van der Waals surface area contributed by atoms with Gasteiger partial charge in [0.15, 0.2) is 0 Å². The third kappa shape index (κ3) is 4.30. The van der Waals surface area contributed by atoms with Gasteiger partial charge in [0.2, 0.25) is 0 Å². The van der Waals surface area contributed by atoms with Crippen molar-refractivity contribution in [1.82, 2.24) is 0 Å². The molecule has 5 heteroatoms. The molecule has 0 aliphatic rings. The third-order valence-electron chi connectivity index (χ3n) is 3.07. The molecule has 1 rings (SSSR count). The molecule has 0 atom stereocenters. The number of nitrogens with zero attached hydrogens (tertiary/aromatic N) is 1. The average molecular weight is 294 g/mol. The first-order valence-corrected chi connectivity index (χ1v) is 6.98. The maximum atomic E-state index is 13.0. The van der Waals surface area contributed by atoms with Gasteiger partial charge in [0, 0.05) is 24.7 Å². The molecular weight excluding hydrogens is 275 g/mol. The second kappa shape index (κ2) is 7.04. The van der Waals surface area contributed by atoms with Crippen LogP contribution in [-0.4, -0.2) is 13.1 Å². The number of halogens is 4. The lowest BCUT2D eigenvalue weighted by atomic mass is 10.1. The highest BCUT2D eigenvalue weighted by Crippen LogP contribution is 2.35. The molecule has 0 aliphatic carbocycles. The van der Waals surface area contributed by atoms with Crippen LogP contribution in [0.15, 0.2) is 18.2 Å². The quantitative estimate of drug-likeness (QED) is 0.662. The molecule has 0 aliphatic heterocycles. The van der Waals surface area contributed by atoms with Crippen LogP contribution < -0.4 is 4.90 Å². The van der Waals surface area contributed by atoms with Crippen LogP contribution in [0.4, 0.5) is 18.9 Å². The fraction of sp³-hybridized carbons (Fsp3) is 0.571. The van der Waals surface area contributed by atoms with Crippen LogP contribution in [0.25, 0.3) is 0 Å². The molecule has 0 unspecified atom stereocenters. The fourth-order valence-corrected chi connectivity index (χ4v) is 2.19. The van der Waals surface area contributed by atoms with Crippen LogP contribution in [0.1, 0.15) is 37.8 Å². The zero-order valence-electron chi connectivity index (χ0n) is 11.2. The van der Waals surface area contributed by atoms with E-state index in [-0.39, 0.29) is 11.4 Å². The van der Waals surface area contributed by atoms with E-state index in [1.54, 1.807) is 6.07 Å². The molecule has 19 heavy (non-hydrogen) atoms. The topological polar surface area (TPSA) is 3.24 Å². The van der Waals surface area contributed by atoms with Gasteiger partial charge in [-0.3, -0.25) is 0 Å². The van der Waals surface area contributed by atoms with Crippen molar-refractivity contribution in [3.63, 3.8) is 0 Å². The molecule has 1 aromatic rings. The highest BCUT2D eigenvalue weighted by Gasteiger charge is 2.33. The Hall–Kier alpha value is -0.900. The van der Waals surface area contributed by atoms with Gasteiger partial charge in [-0.1, -0.05) is 19.4 Å². The van der Waals surface area contributed by atoms with Gasteiger partial charge in [-0.2, -0.15) is 13.2 Å². The second-order valence-corrected chi connectivity index (χ2v) is 4.67. The van der Waals surface area contributed by atoms with E-state index < -0.39 is 11.7 Å². The summed E-state index contributed by atoms with van der Waals surface area (Å²) < 4.78 is 38.9. The Balaban J connectivity index is 3.09. The molecule has 0 bridgehead atoms. The minimum atomic E-state index is -4.36. The van der Waals surface area contributed by atoms with Gasteiger partial charge >= 0.3 is 6.18 Å². The van der Waals surface area contributed by atoms with E-state index in [0.717, 1.165) is 19.4 Å².